The van der Waals surface area contributed by atoms with E-state index in [0.717, 1.165) is 11.1 Å². The molecule has 4 atom stereocenters. The number of hydrogen-bond acceptors (Lipinski definition) is 6. The van der Waals surface area contributed by atoms with E-state index in [1.165, 1.54) is 0 Å². The van der Waals surface area contributed by atoms with Gasteiger partial charge in [0.2, 0.25) is 0 Å². The number of benzene rings is 2. The minimum Gasteiger partial charge on any atom is -0.480 e. The van der Waals surface area contributed by atoms with Crippen molar-refractivity contribution in [3.8, 4) is 0 Å². The highest BCUT2D eigenvalue weighted by Gasteiger charge is 2.22. The van der Waals surface area contributed by atoms with E-state index >= 15 is 0 Å². The smallest absolute Gasteiger partial charge is 0.321 e. The van der Waals surface area contributed by atoms with Crippen LogP contribution in [0.5, 0.6) is 0 Å². The quantitative estimate of drug-likeness (QED) is 0.417. The van der Waals surface area contributed by atoms with E-state index in [4.69, 9.17) is 21.7 Å². The molecule has 2 aromatic carbocycles. The third kappa shape index (κ3) is 6.72. The Morgan fingerprint density at radius 3 is 1.19 bits per heavy atom. The van der Waals surface area contributed by atoms with Crippen molar-refractivity contribution in [1.82, 2.24) is 0 Å². The molecule has 0 aliphatic carbocycles. The van der Waals surface area contributed by atoms with Gasteiger partial charge in [0, 0.05) is 0 Å². The Morgan fingerprint density at radius 2 is 0.962 bits per heavy atom. The summed E-state index contributed by atoms with van der Waals surface area (Å²) in [6.45, 7) is 0. The van der Waals surface area contributed by atoms with Crippen LogP contribution in [0, 0.1) is 0 Å². The fraction of sp³-hybridized carbons (Fsp3) is 0.222. The Labute approximate surface area is 163 Å². The second-order valence-corrected chi connectivity index (χ2v) is 6.55. The highest BCUT2D eigenvalue weighted by Crippen LogP contribution is 2.23. The summed E-state index contributed by atoms with van der Waals surface area (Å²) in [5.74, 6) is -2.08. The summed E-state index contributed by atoms with van der Waals surface area (Å²) >= 11 is 8.30. The van der Waals surface area contributed by atoms with E-state index in [2.05, 4.69) is 25.3 Å². The number of aliphatic carboxylic acids is 2. The molecule has 140 valence electrons. The van der Waals surface area contributed by atoms with Gasteiger partial charge in [0.25, 0.3) is 0 Å². The van der Waals surface area contributed by atoms with Crippen LogP contribution in [0.3, 0.4) is 0 Å². The first-order valence-corrected chi connectivity index (χ1v) is 8.71. The van der Waals surface area contributed by atoms with E-state index in [1.807, 2.05) is 36.4 Å². The Kier molecular flexibility index (Phi) is 9.22. The van der Waals surface area contributed by atoms with Crippen LogP contribution >= 0.6 is 25.3 Å². The van der Waals surface area contributed by atoms with Crippen molar-refractivity contribution in [1.29, 1.82) is 0 Å². The molecule has 2 aromatic rings. The zero-order chi connectivity index (χ0) is 19.7. The molecule has 26 heavy (non-hydrogen) atoms. The second kappa shape index (κ2) is 10.9. The molecule has 2 rings (SSSR count). The van der Waals surface area contributed by atoms with Crippen molar-refractivity contribution < 1.29 is 19.8 Å². The van der Waals surface area contributed by atoms with E-state index in [0.29, 0.717) is 0 Å². The Balaban J connectivity index is 0.000000260. The zero-order valence-electron chi connectivity index (χ0n) is 13.8. The normalized spacial score (nSPS) is 14.9. The highest BCUT2D eigenvalue weighted by molar-refractivity contribution is 7.80. The summed E-state index contributed by atoms with van der Waals surface area (Å²) < 4.78 is 0. The van der Waals surface area contributed by atoms with Gasteiger partial charge in [0.05, 0.1) is 10.5 Å². The van der Waals surface area contributed by atoms with E-state index in [9.17, 15) is 9.59 Å². The van der Waals surface area contributed by atoms with Gasteiger partial charge in [-0.3, -0.25) is 9.59 Å². The van der Waals surface area contributed by atoms with Crippen molar-refractivity contribution in [3.05, 3.63) is 71.8 Å². The number of thiol groups is 2. The third-order valence-electron chi connectivity index (χ3n) is 3.53. The molecule has 6 nitrogen and oxygen atoms in total. The van der Waals surface area contributed by atoms with Crippen LogP contribution in [0.1, 0.15) is 21.6 Å². The van der Waals surface area contributed by atoms with Crippen LogP contribution in [-0.2, 0) is 9.59 Å². The largest absolute Gasteiger partial charge is 0.480 e. The standard InChI is InChI=1S/2C9H11NO2S/c2*10-7(9(11)12)8(13)6-4-2-1-3-5-6/h2*1-5,7-8,13H,10H2,(H,11,12)/t2*7-,8?/m10/s1. The SMILES string of the molecule is N[C@@H](C(=O)O)C(S)c1ccccc1.N[C@H](C(=O)O)C(S)c1ccccc1. The molecule has 2 unspecified atom stereocenters. The summed E-state index contributed by atoms with van der Waals surface area (Å²) in [6.07, 6.45) is 0. The zero-order valence-corrected chi connectivity index (χ0v) is 15.6. The summed E-state index contributed by atoms with van der Waals surface area (Å²) in [7, 11) is 0. The van der Waals surface area contributed by atoms with Crippen LogP contribution in [0.15, 0.2) is 60.7 Å². The van der Waals surface area contributed by atoms with Gasteiger partial charge in [-0.25, -0.2) is 0 Å². The lowest BCUT2D eigenvalue weighted by atomic mass is 10.1. The number of hydrogen-bond donors (Lipinski definition) is 6. The molecule has 6 N–H and O–H groups in total. The molecule has 0 aliphatic rings. The fourth-order valence-electron chi connectivity index (χ4n) is 1.99. The van der Waals surface area contributed by atoms with Crippen molar-refractivity contribution in [2.24, 2.45) is 11.5 Å². The summed E-state index contributed by atoms with van der Waals surface area (Å²) in [5.41, 5.74) is 12.5. The molecule has 0 spiro atoms. The van der Waals surface area contributed by atoms with Crippen LogP contribution in [0.2, 0.25) is 0 Å². The molecular weight excluding hydrogens is 372 g/mol. The maximum Gasteiger partial charge on any atom is 0.321 e. The predicted octanol–water partition coefficient (Wildman–Crippen LogP) is 2.14. The van der Waals surface area contributed by atoms with Gasteiger partial charge in [-0.2, -0.15) is 25.3 Å². The first kappa shape index (κ1) is 22.0. The number of rotatable bonds is 6. The molecule has 0 fully saturated rings. The Hall–Kier alpha value is -2.00. The number of carbonyl (C=O) groups is 2. The molecule has 8 heteroatoms. The van der Waals surface area contributed by atoms with Crippen LogP contribution in [0.25, 0.3) is 0 Å². The van der Waals surface area contributed by atoms with Gasteiger partial charge in [0.1, 0.15) is 12.1 Å². The second-order valence-electron chi connectivity index (χ2n) is 5.44. The molecule has 0 saturated heterocycles. The van der Waals surface area contributed by atoms with Crippen molar-refractivity contribution >= 4 is 37.2 Å². The molecule has 0 radical (unpaired) electrons. The van der Waals surface area contributed by atoms with Gasteiger partial charge in [-0.05, 0) is 11.1 Å². The van der Waals surface area contributed by atoms with Gasteiger partial charge in [-0.1, -0.05) is 60.7 Å². The lowest BCUT2D eigenvalue weighted by Crippen LogP contribution is -2.34. The van der Waals surface area contributed by atoms with Gasteiger partial charge >= 0.3 is 11.9 Å². The molecule has 0 saturated carbocycles. The number of carboxylic acid groups (broad SMARTS) is 2. The Morgan fingerprint density at radius 1 is 0.692 bits per heavy atom. The minimum atomic E-state index is -1.04. The third-order valence-corrected chi connectivity index (χ3v) is 4.77. The maximum atomic E-state index is 10.5. The molecule has 0 bridgehead atoms. The Bertz CT molecular complexity index is 639. The predicted molar refractivity (Wildman–Crippen MR) is 108 cm³/mol. The van der Waals surface area contributed by atoms with Gasteiger partial charge in [0.15, 0.2) is 0 Å². The van der Waals surface area contributed by atoms with Crippen molar-refractivity contribution in [3.63, 3.8) is 0 Å². The van der Waals surface area contributed by atoms with E-state index in [1.54, 1.807) is 24.3 Å². The minimum absolute atomic E-state index is 0.460. The van der Waals surface area contributed by atoms with E-state index < -0.39 is 34.5 Å². The van der Waals surface area contributed by atoms with Gasteiger partial charge < -0.3 is 21.7 Å². The monoisotopic (exact) mass is 394 g/mol. The van der Waals surface area contributed by atoms with Crippen LogP contribution < -0.4 is 11.5 Å². The fourth-order valence-corrected chi connectivity index (χ4v) is 2.58. The lowest BCUT2D eigenvalue weighted by Gasteiger charge is -2.14. The average Bonchev–Trinajstić information content (AvgIpc) is 2.67. The summed E-state index contributed by atoms with van der Waals surface area (Å²) in [5, 5.41) is 16.4. The maximum absolute atomic E-state index is 10.5. The van der Waals surface area contributed by atoms with E-state index in [-0.39, 0.29) is 0 Å². The lowest BCUT2D eigenvalue weighted by molar-refractivity contribution is -0.139. The molecule has 0 heterocycles. The van der Waals surface area contributed by atoms with Gasteiger partial charge in [-0.15, -0.1) is 0 Å². The topological polar surface area (TPSA) is 127 Å². The highest BCUT2D eigenvalue weighted by atomic mass is 32.1. The molecular formula is C18H22N2O4S2. The molecule has 0 amide bonds. The number of carboxylic acids is 2. The van der Waals surface area contributed by atoms with Crippen molar-refractivity contribution in [2.75, 3.05) is 0 Å². The summed E-state index contributed by atoms with van der Waals surface area (Å²) in [4.78, 5) is 21.1. The summed E-state index contributed by atoms with van der Waals surface area (Å²) in [6, 6.07) is 16.3. The average molecular weight is 395 g/mol. The van der Waals surface area contributed by atoms with Crippen LogP contribution in [0.4, 0.5) is 0 Å². The van der Waals surface area contributed by atoms with Crippen LogP contribution in [-0.4, -0.2) is 34.2 Å². The first-order chi connectivity index (χ1) is 12.3. The number of nitrogens with two attached hydrogens (primary N) is 2. The first-order valence-electron chi connectivity index (χ1n) is 7.68. The molecule has 0 aromatic heterocycles. The molecule has 0 aliphatic heterocycles. The van der Waals surface area contributed by atoms with Crippen molar-refractivity contribution in [2.45, 2.75) is 22.6 Å².